The smallest absolute Gasteiger partial charge is 0.330 e. The third kappa shape index (κ3) is 12.4. The molecule has 0 bridgehead atoms. The highest BCUT2D eigenvalue weighted by molar-refractivity contribution is 6.35. The zero-order valence-electron chi connectivity index (χ0n) is 13.1. The monoisotopic (exact) mass is 302 g/mol. The molecule has 0 rings (SSSR count). The minimum absolute atomic E-state index is 0.000148. The van der Waals surface area contributed by atoms with Gasteiger partial charge in [0, 0.05) is 28.8 Å². The van der Waals surface area contributed by atoms with Gasteiger partial charge in [-0.05, 0) is 25.3 Å². The maximum atomic E-state index is 10.8. The Bertz CT molecular complexity index is 238. The van der Waals surface area contributed by atoms with E-state index in [1.807, 2.05) is 0 Å². The van der Waals surface area contributed by atoms with Crippen LogP contribution in [-0.2, 0) is 19.0 Å². The molecule has 20 heavy (non-hydrogen) atoms. The predicted octanol–water partition coefficient (Wildman–Crippen LogP) is 2.68. The van der Waals surface area contributed by atoms with Crippen LogP contribution in [0.25, 0.3) is 0 Å². The number of carbonyl (C=O) groups excluding carboxylic acids is 1. The van der Waals surface area contributed by atoms with E-state index in [1.165, 1.54) is 12.1 Å². The average Bonchev–Trinajstić information content (AvgIpc) is 2.47. The summed E-state index contributed by atoms with van der Waals surface area (Å²) in [6.45, 7) is 9.64. The van der Waals surface area contributed by atoms with Crippen LogP contribution in [0, 0.1) is 0 Å². The first-order valence-electron chi connectivity index (χ1n) is 7.77. The molecule has 0 radical (unpaired) electrons. The third-order valence-corrected chi connectivity index (χ3v) is 4.64. The number of carbonyl (C=O) groups is 1. The van der Waals surface area contributed by atoms with Crippen molar-refractivity contribution in [1.82, 2.24) is 0 Å². The maximum Gasteiger partial charge on any atom is 0.330 e. The first kappa shape index (κ1) is 19.3. The lowest BCUT2D eigenvalue weighted by Crippen LogP contribution is -2.20. The van der Waals surface area contributed by atoms with E-state index in [0.717, 1.165) is 44.9 Å². The number of hydrogen-bond donors (Lipinski definition) is 0. The summed E-state index contributed by atoms with van der Waals surface area (Å²) in [7, 11) is -0.155. The van der Waals surface area contributed by atoms with Gasteiger partial charge in [-0.25, -0.2) is 4.79 Å². The molecule has 118 valence electrons. The number of rotatable bonds is 14. The van der Waals surface area contributed by atoms with Crippen molar-refractivity contribution in [2.75, 3.05) is 19.8 Å². The van der Waals surface area contributed by atoms with Crippen LogP contribution in [0.5, 0.6) is 0 Å². The summed E-state index contributed by atoms with van der Waals surface area (Å²) < 4.78 is 16.3. The second kappa shape index (κ2) is 14.7. The molecular formula is C15H30O4Si. The average molecular weight is 302 g/mol. The molecule has 0 aliphatic carbocycles. The summed E-state index contributed by atoms with van der Waals surface area (Å²) in [6, 6.07) is 2.32. The first-order valence-corrected chi connectivity index (χ1v) is 9.77. The van der Waals surface area contributed by atoms with Crippen molar-refractivity contribution >= 4 is 15.5 Å². The summed E-state index contributed by atoms with van der Waals surface area (Å²) in [5.41, 5.74) is 0. The van der Waals surface area contributed by atoms with Crippen molar-refractivity contribution in [2.45, 2.75) is 57.9 Å². The molecule has 0 aliphatic heterocycles. The van der Waals surface area contributed by atoms with E-state index in [2.05, 4.69) is 20.4 Å². The molecule has 0 saturated heterocycles. The van der Waals surface area contributed by atoms with Crippen LogP contribution >= 0.6 is 0 Å². The lowest BCUT2D eigenvalue weighted by Gasteiger charge is -2.17. The standard InChI is InChI=1S/C15H30O4Si/c1-4-9-18-15(19-10-5-2)13-20-12-8-7-11-17-14(16)6-3/h6,15H,3-5,7-13,20H2,1-2H3. The molecule has 4 nitrogen and oxygen atoms in total. The fourth-order valence-corrected chi connectivity index (χ4v) is 3.37. The molecule has 0 saturated carbocycles. The maximum absolute atomic E-state index is 10.8. The van der Waals surface area contributed by atoms with Crippen LogP contribution in [-0.4, -0.2) is 41.6 Å². The van der Waals surface area contributed by atoms with Gasteiger partial charge >= 0.3 is 5.97 Å². The minimum Gasteiger partial charge on any atom is -0.463 e. The van der Waals surface area contributed by atoms with Gasteiger partial charge in [-0.15, -0.1) is 0 Å². The number of ether oxygens (including phenoxy) is 3. The van der Waals surface area contributed by atoms with Crippen LogP contribution in [0.2, 0.25) is 12.1 Å². The van der Waals surface area contributed by atoms with E-state index in [0.29, 0.717) is 6.61 Å². The van der Waals surface area contributed by atoms with Gasteiger partial charge in [0.25, 0.3) is 0 Å². The molecule has 0 spiro atoms. The summed E-state index contributed by atoms with van der Waals surface area (Å²) >= 11 is 0. The quantitative estimate of drug-likeness (QED) is 0.163. The van der Waals surface area contributed by atoms with Gasteiger partial charge in [-0.1, -0.05) is 32.9 Å². The minimum atomic E-state index is -0.330. The Kier molecular flexibility index (Phi) is 14.3. The van der Waals surface area contributed by atoms with Crippen LogP contribution in [0.3, 0.4) is 0 Å². The molecule has 0 heterocycles. The van der Waals surface area contributed by atoms with Crippen molar-refractivity contribution in [3.05, 3.63) is 12.7 Å². The topological polar surface area (TPSA) is 44.8 Å². The molecule has 0 aromatic heterocycles. The van der Waals surface area contributed by atoms with Gasteiger partial charge in [0.1, 0.15) is 0 Å². The second-order valence-electron chi connectivity index (χ2n) is 4.75. The normalized spacial score (nSPS) is 11.3. The number of esters is 1. The van der Waals surface area contributed by atoms with Gasteiger partial charge in [0.2, 0.25) is 0 Å². The molecule has 0 N–H and O–H groups in total. The van der Waals surface area contributed by atoms with Crippen molar-refractivity contribution in [3.63, 3.8) is 0 Å². The molecule has 0 atom stereocenters. The van der Waals surface area contributed by atoms with E-state index >= 15 is 0 Å². The fraction of sp³-hybridized carbons (Fsp3) is 0.800. The molecular weight excluding hydrogens is 272 g/mol. The molecule has 0 unspecified atom stereocenters. The SMILES string of the molecule is C=CC(=O)OCCCC[SiH2]CC(OCCC)OCCC. The molecule has 0 aromatic rings. The van der Waals surface area contributed by atoms with Gasteiger partial charge in [0.15, 0.2) is 6.29 Å². The Balaban J connectivity index is 3.51. The Hall–Kier alpha value is -0.653. The molecule has 5 heteroatoms. The fourth-order valence-electron chi connectivity index (χ4n) is 1.71. The summed E-state index contributed by atoms with van der Waals surface area (Å²) in [6.07, 6.45) is 5.31. The second-order valence-corrected chi connectivity index (χ2v) is 6.74. The molecule has 0 aromatic carbocycles. The first-order chi connectivity index (χ1) is 9.74. The van der Waals surface area contributed by atoms with Crippen molar-refractivity contribution in [3.8, 4) is 0 Å². The summed E-state index contributed by atoms with van der Waals surface area (Å²) in [5.74, 6) is -0.330. The predicted molar refractivity (Wildman–Crippen MR) is 84.8 cm³/mol. The third-order valence-electron chi connectivity index (χ3n) is 2.76. The van der Waals surface area contributed by atoms with Crippen LogP contribution in [0.1, 0.15) is 39.5 Å². The van der Waals surface area contributed by atoms with Crippen molar-refractivity contribution < 1.29 is 19.0 Å². The van der Waals surface area contributed by atoms with Gasteiger partial charge in [0.05, 0.1) is 6.61 Å². The largest absolute Gasteiger partial charge is 0.463 e. The van der Waals surface area contributed by atoms with Crippen molar-refractivity contribution in [1.29, 1.82) is 0 Å². The molecule has 0 aliphatic rings. The highest BCUT2D eigenvalue weighted by atomic mass is 28.2. The zero-order chi connectivity index (χ0) is 15.1. The zero-order valence-corrected chi connectivity index (χ0v) is 14.5. The molecule has 0 amide bonds. The van der Waals surface area contributed by atoms with E-state index in [9.17, 15) is 4.79 Å². The van der Waals surface area contributed by atoms with Crippen LogP contribution < -0.4 is 0 Å². The van der Waals surface area contributed by atoms with Gasteiger partial charge in [-0.2, -0.15) is 0 Å². The van der Waals surface area contributed by atoms with E-state index in [-0.39, 0.29) is 21.8 Å². The van der Waals surface area contributed by atoms with E-state index in [1.54, 1.807) is 0 Å². The molecule has 0 fully saturated rings. The summed E-state index contributed by atoms with van der Waals surface area (Å²) in [4.78, 5) is 10.8. The van der Waals surface area contributed by atoms with Crippen LogP contribution in [0.15, 0.2) is 12.7 Å². The van der Waals surface area contributed by atoms with Gasteiger partial charge < -0.3 is 14.2 Å². The van der Waals surface area contributed by atoms with E-state index < -0.39 is 0 Å². The lowest BCUT2D eigenvalue weighted by atomic mass is 10.4. The highest BCUT2D eigenvalue weighted by Crippen LogP contribution is 2.06. The Morgan fingerprint density at radius 2 is 1.80 bits per heavy atom. The number of hydrogen-bond acceptors (Lipinski definition) is 4. The highest BCUT2D eigenvalue weighted by Gasteiger charge is 2.08. The van der Waals surface area contributed by atoms with Gasteiger partial charge in [-0.3, -0.25) is 0 Å². The van der Waals surface area contributed by atoms with Crippen LogP contribution in [0.4, 0.5) is 0 Å². The number of unbranched alkanes of at least 4 members (excludes halogenated alkanes) is 1. The summed E-state index contributed by atoms with van der Waals surface area (Å²) in [5, 5.41) is 0. The lowest BCUT2D eigenvalue weighted by molar-refractivity contribution is -0.137. The Morgan fingerprint density at radius 3 is 2.35 bits per heavy atom. The van der Waals surface area contributed by atoms with Crippen molar-refractivity contribution in [2.24, 2.45) is 0 Å². The Morgan fingerprint density at radius 1 is 1.15 bits per heavy atom. The Labute approximate surface area is 125 Å². The van der Waals surface area contributed by atoms with E-state index in [4.69, 9.17) is 14.2 Å².